The van der Waals surface area contributed by atoms with Crippen molar-refractivity contribution >= 4 is 5.97 Å². The van der Waals surface area contributed by atoms with Crippen molar-refractivity contribution in [2.24, 2.45) is 0 Å². The first-order valence-corrected chi connectivity index (χ1v) is 7.60. The molecule has 0 saturated carbocycles. The molecule has 21 heavy (non-hydrogen) atoms. The minimum absolute atomic E-state index is 0.166. The van der Waals surface area contributed by atoms with Gasteiger partial charge in [-0.2, -0.15) is 0 Å². The maximum Gasteiger partial charge on any atom is 0.302 e. The number of allylic oxidation sites excluding steroid dienone is 2. The highest BCUT2D eigenvalue weighted by atomic mass is 16.6. The molecule has 1 atom stereocenters. The predicted molar refractivity (Wildman–Crippen MR) is 81.5 cm³/mol. The second kappa shape index (κ2) is 9.58. The molecular formula is C16H27NO4. The molecule has 0 fully saturated rings. The highest BCUT2D eigenvalue weighted by molar-refractivity contribution is 5.66. The molecule has 0 aromatic rings. The van der Waals surface area contributed by atoms with Gasteiger partial charge in [0.1, 0.15) is 6.61 Å². The van der Waals surface area contributed by atoms with E-state index in [4.69, 9.17) is 14.6 Å². The Balaban J connectivity index is 2.38. The van der Waals surface area contributed by atoms with Crippen LogP contribution < -0.4 is 5.32 Å². The molecule has 5 heteroatoms. The first kappa shape index (κ1) is 17.7. The van der Waals surface area contributed by atoms with Crippen molar-refractivity contribution in [3.63, 3.8) is 0 Å². The van der Waals surface area contributed by atoms with Crippen molar-refractivity contribution < 1.29 is 19.4 Å². The maximum absolute atomic E-state index is 11.0. The van der Waals surface area contributed by atoms with Crippen LogP contribution >= 0.6 is 0 Å². The number of aliphatic hydroxyl groups is 1. The van der Waals surface area contributed by atoms with Crippen LogP contribution in [0.25, 0.3) is 0 Å². The Labute approximate surface area is 127 Å². The van der Waals surface area contributed by atoms with Crippen LogP contribution in [-0.2, 0) is 14.3 Å². The standard InChI is InChI=1S/C16H27NO4/c1-14-9-8-10-17-16(14,13-20-15(2)19)21-12-7-5-3-4-6-11-18/h8-10,17-18H,3-7,11-13H2,1-2H3. The molecule has 5 nitrogen and oxygen atoms in total. The number of dihydropyridines is 1. The lowest BCUT2D eigenvalue weighted by Crippen LogP contribution is -2.51. The Morgan fingerprint density at radius 3 is 2.67 bits per heavy atom. The first-order chi connectivity index (χ1) is 10.1. The average molecular weight is 297 g/mol. The Morgan fingerprint density at radius 1 is 1.29 bits per heavy atom. The number of carbonyl (C=O) groups is 1. The molecule has 0 aliphatic carbocycles. The number of unbranched alkanes of at least 4 members (excludes halogenated alkanes) is 4. The molecule has 0 aromatic carbocycles. The monoisotopic (exact) mass is 297 g/mol. The highest BCUT2D eigenvalue weighted by Crippen LogP contribution is 2.23. The smallest absolute Gasteiger partial charge is 0.302 e. The molecule has 0 aromatic heterocycles. The number of nitrogens with one attached hydrogen (secondary N) is 1. The van der Waals surface area contributed by atoms with Crippen molar-refractivity contribution in [1.82, 2.24) is 5.32 Å². The van der Waals surface area contributed by atoms with Crippen molar-refractivity contribution in [3.05, 3.63) is 23.9 Å². The summed E-state index contributed by atoms with van der Waals surface area (Å²) in [5.41, 5.74) is 0.248. The summed E-state index contributed by atoms with van der Waals surface area (Å²) in [5, 5.41) is 11.9. The predicted octanol–water partition coefficient (Wildman–Crippen LogP) is 2.27. The van der Waals surface area contributed by atoms with Crippen LogP contribution in [-0.4, -0.2) is 36.6 Å². The second-order valence-corrected chi connectivity index (χ2v) is 5.30. The van der Waals surface area contributed by atoms with Crippen molar-refractivity contribution in [3.8, 4) is 0 Å². The van der Waals surface area contributed by atoms with Gasteiger partial charge in [-0.15, -0.1) is 0 Å². The van der Waals surface area contributed by atoms with Crippen LogP contribution in [0.3, 0.4) is 0 Å². The minimum Gasteiger partial charge on any atom is -0.460 e. The van der Waals surface area contributed by atoms with E-state index in [9.17, 15) is 4.79 Å². The Hall–Kier alpha value is -1.33. The van der Waals surface area contributed by atoms with E-state index in [1.807, 2.05) is 19.1 Å². The summed E-state index contributed by atoms with van der Waals surface area (Å²) in [6, 6.07) is 0. The van der Waals surface area contributed by atoms with Crippen LogP contribution in [0, 0.1) is 0 Å². The molecule has 0 bridgehead atoms. The van der Waals surface area contributed by atoms with Gasteiger partial charge in [-0.1, -0.05) is 25.3 Å². The molecule has 0 saturated heterocycles. The second-order valence-electron chi connectivity index (χ2n) is 5.30. The maximum atomic E-state index is 11.0. The molecule has 120 valence electrons. The average Bonchev–Trinajstić information content (AvgIpc) is 2.47. The van der Waals surface area contributed by atoms with Gasteiger partial charge in [-0.3, -0.25) is 4.79 Å². The van der Waals surface area contributed by atoms with Gasteiger partial charge in [0.05, 0.1) is 0 Å². The minimum atomic E-state index is -0.745. The van der Waals surface area contributed by atoms with Crippen molar-refractivity contribution in [1.29, 1.82) is 0 Å². The van der Waals surface area contributed by atoms with E-state index in [1.165, 1.54) is 6.92 Å². The summed E-state index contributed by atoms with van der Waals surface area (Å²) < 4.78 is 11.1. The van der Waals surface area contributed by atoms with E-state index in [-0.39, 0.29) is 19.2 Å². The van der Waals surface area contributed by atoms with Gasteiger partial charge in [0, 0.05) is 20.1 Å². The van der Waals surface area contributed by atoms with Crippen LogP contribution in [0.1, 0.15) is 46.0 Å². The fraction of sp³-hybridized carbons (Fsp3) is 0.688. The number of carbonyl (C=O) groups excluding carboxylic acids is 1. The summed E-state index contributed by atoms with van der Waals surface area (Å²) in [4.78, 5) is 11.0. The van der Waals surface area contributed by atoms with E-state index in [0.717, 1.165) is 37.7 Å². The van der Waals surface area contributed by atoms with E-state index in [2.05, 4.69) is 5.32 Å². The highest BCUT2D eigenvalue weighted by Gasteiger charge is 2.34. The third kappa shape index (κ3) is 6.31. The van der Waals surface area contributed by atoms with E-state index < -0.39 is 5.72 Å². The Bertz CT molecular complexity index is 378. The fourth-order valence-electron chi connectivity index (χ4n) is 2.17. The van der Waals surface area contributed by atoms with E-state index in [0.29, 0.717) is 6.61 Å². The molecule has 1 unspecified atom stereocenters. The Kier molecular flexibility index (Phi) is 8.08. The molecule has 1 aliphatic heterocycles. The Morgan fingerprint density at radius 2 is 2.00 bits per heavy atom. The molecule has 1 heterocycles. The normalized spacial score (nSPS) is 20.8. The quantitative estimate of drug-likeness (QED) is 0.478. The fourth-order valence-corrected chi connectivity index (χ4v) is 2.17. The first-order valence-electron chi connectivity index (χ1n) is 7.60. The zero-order chi connectivity index (χ0) is 15.6. The largest absolute Gasteiger partial charge is 0.460 e. The summed E-state index contributed by atoms with van der Waals surface area (Å²) in [7, 11) is 0. The van der Waals surface area contributed by atoms with Gasteiger partial charge in [-0.05, 0) is 37.6 Å². The van der Waals surface area contributed by atoms with Crippen LogP contribution in [0.5, 0.6) is 0 Å². The topological polar surface area (TPSA) is 67.8 Å². The van der Waals surface area contributed by atoms with E-state index in [1.54, 1.807) is 6.20 Å². The van der Waals surface area contributed by atoms with Crippen LogP contribution in [0.15, 0.2) is 23.9 Å². The summed E-state index contributed by atoms with van der Waals surface area (Å²) in [5.74, 6) is -0.314. The van der Waals surface area contributed by atoms with Gasteiger partial charge in [0.2, 0.25) is 0 Å². The van der Waals surface area contributed by atoms with Crippen LogP contribution in [0.4, 0.5) is 0 Å². The van der Waals surface area contributed by atoms with Gasteiger partial charge in [0.25, 0.3) is 0 Å². The number of esters is 1. The van der Waals surface area contributed by atoms with Crippen molar-refractivity contribution in [2.75, 3.05) is 19.8 Å². The molecule has 1 rings (SSSR count). The number of hydrogen-bond acceptors (Lipinski definition) is 5. The lowest BCUT2D eigenvalue weighted by molar-refractivity contribution is -0.152. The lowest BCUT2D eigenvalue weighted by Gasteiger charge is -2.36. The number of ether oxygens (including phenoxy) is 2. The summed E-state index contributed by atoms with van der Waals surface area (Å²) in [6.07, 6.45) is 10.7. The zero-order valence-corrected chi connectivity index (χ0v) is 13.1. The third-order valence-electron chi connectivity index (χ3n) is 3.53. The van der Waals surface area contributed by atoms with Gasteiger partial charge in [0.15, 0.2) is 5.72 Å². The van der Waals surface area contributed by atoms with Crippen molar-refractivity contribution in [2.45, 2.75) is 51.7 Å². The van der Waals surface area contributed by atoms with Gasteiger partial charge >= 0.3 is 5.97 Å². The summed E-state index contributed by atoms with van der Waals surface area (Å²) in [6.45, 7) is 4.39. The molecule has 2 N–H and O–H groups in total. The number of hydrogen-bond donors (Lipinski definition) is 2. The SMILES string of the molecule is CC(=O)OCC1(OCCCCCCCO)NC=CC=C1C. The van der Waals surface area contributed by atoms with E-state index >= 15 is 0 Å². The lowest BCUT2D eigenvalue weighted by atomic mass is 10.0. The van der Waals surface area contributed by atoms with Gasteiger partial charge < -0.3 is 19.9 Å². The van der Waals surface area contributed by atoms with Gasteiger partial charge in [-0.25, -0.2) is 0 Å². The molecule has 0 amide bonds. The number of rotatable bonds is 10. The summed E-state index contributed by atoms with van der Waals surface area (Å²) >= 11 is 0. The number of aliphatic hydroxyl groups excluding tert-OH is 1. The molecular weight excluding hydrogens is 270 g/mol. The third-order valence-corrected chi connectivity index (χ3v) is 3.53. The molecule has 0 radical (unpaired) electrons. The molecule has 0 spiro atoms. The zero-order valence-electron chi connectivity index (χ0n) is 13.1. The van der Waals surface area contributed by atoms with Crippen LogP contribution in [0.2, 0.25) is 0 Å². The molecule has 1 aliphatic rings.